The first-order valence-corrected chi connectivity index (χ1v) is 10.9. The maximum atomic E-state index is 13.0. The fourth-order valence-electron chi connectivity index (χ4n) is 4.12. The van der Waals surface area contributed by atoms with E-state index in [1.54, 1.807) is 23.2 Å². The third-order valence-corrected chi connectivity index (χ3v) is 5.89. The van der Waals surface area contributed by atoms with Crippen molar-refractivity contribution in [3.8, 4) is 5.75 Å². The molecule has 0 aliphatic carbocycles. The number of hydrogen-bond acceptors (Lipinski definition) is 6. The van der Waals surface area contributed by atoms with Crippen LogP contribution in [-0.4, -0.2) is 78.2 Å². The summed E-state index contributed by atoms with van der Waals surface area (Å²) in [5.41, 5.74) is 1.31. The fraction of sp³-hybridized carbons (Fsp3) is 0.522. The van der Waals surface area contributed by atoms with E-state index in [0.717, 1.165) is 44.0 Å². The molecule has 2 saturated heterocycles. The minimum absolute atomic E-state index is 0.0180. The Labute approximate surface area is 182 Å². The van der Waals surface area contributed by atoms with Crippen molar-refractivity contribution in [3.63, 3.8) is 0 Å². The van der Waals surface area contributed by atoms with E-state index in [1.165, 1.54) is 12.1 Å². The normalized spacial score (nSPS) is 19.9. The van der Waals surface area contributed by atoms with Gasteiger partial charge in [0.25, 0.3) is 5.91 Å². The van der Waals surface area contributed by atoms with Crippen molar-refractivity contribution < 1.29 is 18.7 Å². The lowest BCUT2D eigenvalue weighted by Crippen LogP contribution is -2.41. The van der Waals surface area contributed by atoms with E-state index in [9.17, 15) is 9.18 Å². The van der Waals surface area contributed by atoms with E-state index < -0.39 is 0 Å². The highest BCUT2D eigenvalue weighted by Crippen LogP contribution is 2.25. The molecule has 1 aromatic carbocycles. The molecule has 1 amide bonds. The van der Waals surface area contributed by atoms with Crippen molar-refractivity contribution >= 4 is 5.91 Å². The molecule has 2 aromatic rings. The van der Waals surface area contributed by atoms with Crippen molar-refractivity contribution in [2.24, 2.45) is 0 Å². The number of nitrogens with zero attached hydrogens (tertiary/aromatic N) is 4. The average Bonchev–Trinajstić information content (AvgIpc) is 2.81. The second-order valence-electron chi connectivity index (χ2n) is 8.07. The molecule has 1 aromatic heterocycles. The third kappa shape index (κ3) is 5.57. The molecular formula is C23H29FN4O3. The van der Waals surface area contributed by atoms with Gasteiger partial charge in [-0.25, -0.2) is 14.4 Å². The first-order valence-electron chi connectivity index (χ1n) is 10.9. The number of amides is 1. The second-order valence-corrected chi connectivity index (χ2v) is 8.07. The SMILES string of the molecule is Cc1nc(C2CCCN(CCOc3ccc(F)cc3)C2)ncc1C(=O)N1CCOCC1. The highest BCUT2D eigenvalue weighted by molar-refractivity contribution is 5.95. The van der Waals surface area contributed by atoms with Gasteiger partial charge in [0, 0.05) is 38.3 Å². The lowest BCUT2D eigenvalue weighted by molar-refractivity contribution is 0.0301. The van der Waals surface area contributed by atoms with Gasteiger partial charge < -0.3 is 14.4 Å². The summed E-state index contributed by atoms with van der Waals surface area (Å²) in [6.45, 7) is 7.47. The van der Waals surface area contributed by atoms with E-state index in [-0.39, 0.29) is 17.6 Å². The maximum Gasteiger partial charge on any atom is 0.257 e. The summed E-state index contributed by atoms with van der Waals surface area (Å²) in [6.07, 6.45) is 3.79. The number of carbonyl (C=O) groups excluding carboxylic acids is 1. The maximum absolute atomic E-state index is 13.0. The number of benzene rings is 1. The quantitative estimate of drug-likeness (QED) is 0.705. The number of ether oxygens (including phenoxy) is 2. The van der Waals surface area contributed by atoms with E-state index in [0.29, 0.717) is 44.2 Å². The number of aromatic nitrogens is 2. The van der Waals surface area contributed by atoms with Gasteiger partial charge in [-0.1, -0.05) is 0 Å². The summed E-state index contributed by atoms with van der Waals surface area (Å²) in [5, 5.41) is 0. The summed E-state index contributed by atoms with van der Waals surface area (Å²) in [7, 11) is 0. The van der Waals surface area contributed by atoms with Crippen LogP contribution in [0.4, 0.5) is 4.39 Å². The Morgan fingerprint density at radius 2 is 2.00 bits per heavy atom. The highest BCUT2D eigenvalue weighted by Gasteiger charge is 2.26. The molecule has 166 valence electrons. The van der Waals surface area contributed by atoms with Crippen LogP contribution in [-0.2, 0) is 4.74 Å². The summed E-state index contributed by atoms with van der Waals surface area (Å²) < 4.78 is 24.1. The van der Waals surface area contributed by atoms with E-state index in [1.807, 2.05) is 6.92 Å². The summed E-state index contributed by atoms with van der Waals surface area (Å²) in [4.78, 5) is 26.2. The van der Waals surface area contributed by atoms with Crippen LogP contribution in [0, 0.1) is 12.7 Å². The molecule has 0 bridgehead atoms. The molecular weight excluding hydrogens is 399 g/mol. The van der Waals surface area contributed by atoms with Gasteiger partial charge in [-0.2, -0.15) is 0 Å². The number of hydrogen-bond donors (Lipinski definition) is 0. The Bertz CT molecular complexity index is 887. The number of piperidine rings is 1. The van der Waals surface area contributed by atoms with E-state index in [2.05, 4.69) is 9.88 Å². The Morgan fingerprint density at radius 1 is 1.23 bits per heavy atom. The van der Waals surface area contributed by atoms with Crippen LogP contribution in [0.15, 0.2) is 30.5 Å². The smallest absolute Gasteiger partial charge is 0.257 e. The van der Waals surface area contributed by atoms with Gasteiger partial charge in [-0.15, -0.1) is 0 Å². The molecule has 1 unspecified atom stereocenters. The topological polar surface area (TPSA) is 67.8 Å². The van der Waals surface area contributed by atoms with Crippen LogP contribution in [0.5, 0.6) is 5.75 Å². The van der Waals surface area contributed by atoms with Crippen molar-refractivity contribution in [2.45, 2.75) is 25.7 Å². The van der Waals surface area contributed by atoms with E-state index in [4.69, 9.17) is 14.5 Å². The van der Waals surface area contributed by atoms with Gasteiger partial charge >= 0.3 is 0 Å². The van der Waals surface area contributed by atoms with Gasteiger partial charge in [0.05, 0.1) is 24.5 Å². The molecule has 0 N–H and O–H groups in total. The van der Waals surface area contributed by atoms with Gasteiger partial charge in [0.15, 0.2) is 0 Å². The number of carbonyl (C=O) groups is 1. The zero-order chi connectivity index (χ0) is 21.6. The van der Waals surface area contributed by atoms with Gasteiger partial charge in [-0.05, 0) is 50.6 Å². The average molecular weight is 429 g/mol. The first-order chi connectivity index (χ1) is 15.1. The molecule has 0 radical (unpaired) electrons. The summed E-state index contributed by atoms with van der Waals surface area (Å²) in [6, 6.07) is 6.09. The summed E-state index contributed by atoms with van der Waals surface area (Å²) in [5.74, 6) is 1.44. The number of likely N-dealkylation sites (tertiary alicyclic amines) is 1. The molecule has 3 heterocycles. The number of aryl methyl sites for hydroxylation is 1. The third-order valence-electron chi connectivity index (χ3n) is 5.89. The Kier molecular flexibility index (Phi) is 7.09. The van der Waals surface area contributed by atoms with Crippen LogP contribution < -0.4 is 4.74 Å². The first kappa shape index (κ1) is 21.6. The highest BCUT2D eigenvalue weighted by atomic mass is 19.1. The molecule has 2 aliphatic heterocycles. The molecule has 2 fully saturated rings. The lowest BCUT2D eigenvalue weighted by Gasteiger charge is -2.32. The molecule has 8 heteroatoms. The number of halogens is 1. The van der Waals surface area contributed by atoms with Crippen molar-refractivity contribution in [3.05, 3.63) is 53.4 Å². The van der Waals surface area contributed by atoms with Gasteiger partial charge in [-0.3, -0.25) is 9.69 Å². The molecule has 2 aliphatic rings. The number of morpholine rings is 1. The van der Waals surface area contributed by atoms with Crippen LogP contribution in [0.25, 0.3) is 0 Å². The minimum Gasteiger partial charge on any atom is -0.492 e. The fourth-order valence-corrected chi connectivity index (χ4v) is 4.12. The zero-order valence-corrected chi connectivity index (χ0v) is 17.9. The lowest BCUT2D eigenvalue weighted by atomic mass is 9.97. The van der Waals surface area contributed by atoms with Crippen molar-refractivity contribution in [2.75, 3.05) is 52.5 Å². The Hall–Kier alpha value is -2.58. The van der Waals surface area contributed by atoms with Crippen LogP contribution in [0.1, 0.15) is 40.6 Å². The summed E-state index contributed by atoms with van der Waals surface area (Å²) >= 11 is 0. The monoisotopic (exact) mass is 428 g/mol. The minimum atomic E-state index is -0.265. The number of rotatable bonds is 6. The molecule has 31 heavy (non-hydrogen) atoms. The van der Waals surface area contributed by atoms with Gasteiger partial charge in [0.1, 0.15) is 24.0 Å². The predicted octanol–water partition coefficient (Wildman–Crippen LogP) is 2.65. The Balaban J connectivity index is 1.32. The van der Waals surface area contributed by atoms with Crippen LogP contribution >= 0.6 is 0 Å². The zero-order valence-electron chi connectivity index (χ0n) is 17.9. The molecule has 7 nitrogen and oxygen atoms in total. The molecule has 0 spiro atoms. The van der Waals surface area contributed by atoms with Gasteiger partial charge in [0.2, 0.25) is 0 Å². The van der Waals surface area contributed by atoms with Crippen molar-refractivity contribution in [1.29, 1.82) is 0 Å². The second kappa shape index (κ2) is 10.2. The Morgan fingerprint density at radius 3 is 2.74 bits per heavy atom. The molecule has 1 atom stereocenters. The van der Waals surface area contributed by atoms with Crippen LogP contribution in [0.2, 0.25) is 0 Å². The predicted molar refractivity (Wildman–Crippen MR) is 114 cm³/mol. The van der Waals surface area contributed by atoms with Crippen molar-refractivity contribution in [1.82, 2.24) is 19.8 Å². The molecule has 4 rings (SSSR count). The van der Waals surface area contributed by atoms with Crippen LogP contribution in [0.3, 0.4) is 0 Å². The standard InChI is InChI=1S/C23H29FN4O3/c1-17-21(23(29)28-10-12-30-13-11-28)15-25-22(26-17)18-3-2-8-27(16-18)9-14-31-20-6-4-19(24)5-7-20/h4-7,15,18H,2-3,8-14,16H2,1H3. The van der Waals surface area contributed by atoms with E-state index >= 15 is 0 Å². The molecule has 0 saturated carbocycles. The largest absolute Gasteiger partial charge is 0.492 e.